The molecule has 96 valence electrons. The fourth-order valence-corrected chi connectivity index (χ4v) is 2.19. The Hall–Kier alpha value is -1.34. The summed E-state index contributed by atoms with van der Waals surface area (Å²) in [7, 11) is 0. The molecule has 0 spiro atoms. The van der Waals surface area contributed by atoms with Crippen molar-refractivity contribution < 1.29 is 0 Å². The fourth-order valence-electron chi connectivity index (χ4n) is 2.19. The average Bonchev–Trinajstić information content (AvgIpc) is 2.42. The first kappa shape index (κ1) is 13.1. The van der Waals surface area contributed by atoms with Gasteiger partial charge in [-0.05, 0) is 5.56 Å². The van der Waals surface area contributed by atoms with Crippen LogP contribution in [0, 0.1) is 11.8 Å². The second-order valence-corrected chi connectivity index (χ2v) is 4.60. The van der Waals surface area contributed by atoms with Crippen LogP contribution in [0.15, 0.2) is 30.3 Å². The molecule has 1 heterocycles. The van der Waals surface area contributed by atoms with Gasteiger partial charge in [0.05, 0.1) is 13.1 Å². The summed E-state index contributed by atoms with van der Waals surface area (Å²) >= 11 is 0. The van der Waals surface area contributed by atoms with E-state index in [0.29, 0.717) is 6.54 Å². The molecule has 1 aromatic carbocycles. The molecular weight excluding hydrogens is 222 g/mol. The van der Waals surface area contributed by atoms with E-state index in [2.05, 4.69) is 52.0 Å². The maximum absolute atomic E-state index is 5.35. The van der Waals surface area contributed by atoms with Crippen LogP contribution in [0.25, 0.3) is 0 Å². The van der Waals surface area contributed by atoms with Crippen LogP contribution in [0.1, 0.15) is 5.56 Å². The van der Waals surface area contributed by atoms with Gasteiger partial charge in [0.2, 0.25) is 0 Å². The summed E-state index contributed by atoms with van der Waals surface area (Å²) < 4.78 is 0. The third kappa shape index (κ3) is 4.15. The Morgan fingerprint density at radius 1 is 0.944 bits per heavy atom. The van der Waals surface area contributed by atoms with Crippen molar-refractivity contribution >= 4 is 0 Å². The standard InChI is InChI=1S/C15H21N3/c16-8-4-5-9-17-10-12-18(13-11-17)14-15-6-2-1-3-7-15/h1-3,6-7H,8-14,16H2. The van der Waals surface area contributed by atoms with Crippen molar-refractivity contribution in [2.75, 3.05) is 39.3 Å². The Kier molecular flexibility index (Phi) is 5.22. The van der Waals surface area contributed by atoms with Crippen LogP contribution < -0.4 is 5.73 Å². The van der Waals surface area contributed by atoms with Gasteiger partial charge in [-0.25, -0.2) is 0 Å². The molecule has 0 amide bonds. The van der Waals surface area contributed by atoms with Crippen LogP contribution in [-0.2, 0) is 6.54 Å². The molecule has 0 aliphatic carbocycles. The van der Waals surface area contributed by atoms with Crippen molar-refractivity contribution in [2.24, 2.45) is 5.73 Å². The Morgan fingerprint density at radius 3 is 2.28 bits per heavy atom. The minimum Gasteiger partial charge on any atom is -0.320 e. The third-order valence-corrected chi connectivity index (χ3v) is 3.24. The number of hydrogen-bond acceptors (Lipinski definition) is 3. The maximum atomic E-state index is 5.35. The number of nitrogens with two attached hydrogens (primary N) is 1. The summed E-state index contributed by atoms with van der Waals surface area (Å²) in [5.41, 5.74) is 6.75. The average molecular weight is 243 g/mol. The zero-order valence-corrected chi connectivity index (χ0v) is 10.8. The summed E-state index contributed by atoms with van der Waals surface area (Å²) in [6.45, 7) is 6.84. The van der Waals surface area contributed by atoms with Crippen LogP contribution in [-0.4, -0.2) is 49.1 Å². The third-order valence-electron chi connectivity index (χ3n) is 3.24. The van der Waals surface area contributed by atoms with E-state index in [4.69, 9.17) is 5.73 Å². The predicted molar refractivity (Wildman–Crippen MR) is 75.0 cm³/mol. The van der Waals surface area contributed by atoms with Gasteiger partial charge in [0.1, 0.15) is 0 Å². The van der Waals surface area contributed by atoms with Gasteiger partial charge in [0, 0.05) is 32.7 Å². The molecule has 3 heteroatoms. The van der Waals surface area contributed by atoms with Crippen molar-refractivity contribution in [1.82, 2.24) is 9.80 Å². The van der Waals surface area contributed by atoms with E-state index in [1.807, 2.05) is 0 Å². The van der Waals surface area contributed by atoms with Crippen LogP contribution in [0.3, 0.4) is 0 Å². The van der Waals surface area contributed by atoms with E-state index in [9.17, 15) is 0 Å². The van der Waals surface area contributed by atoms with Gasteiger partial charge >= 0.3 is 0 Å². The lowest BCUT2D eigenvalue weighted by atomic mass is 10.2. The normalized spacial score (nSPS) is 17.2. The quantitative estimate of drug-likeness (QED) is 0.796. The van der Waals surface area contributed by atoms with Crippen molar-refractivity contribution in [1.29, 1.82) is 0 Å². The number of piperazine rings is 1. The summed E-state index contributed by atoms with van der Waals surface area (Å²) in [5.74, 6) is 6.02. The molecule has 0 saturated carbocycles. The van der Waals surface area contributed by atoms with E-state index in [0.717, 1.165) is 39.3 Å². The molecule has 0 atom stereocenters. The second kappa shape index (κ2) is 7.17. The predicted octanol–water partition coefficient (Wildman–Crippen LogP) is 0.766. The lowest BCUT2D eigenvalue weighted by Gasteiger charge is -2.33. The van der Waals surface area contributed by atoms with E-state index in [-0.39, 0.29) is 0 Å². The van der Waals surface area contributed by atoms with Crippen molar-refractivity contribution in [3.05, 3.63) is 35.9 Å². The largest absolute Gasteiger partial charge is 0.320 e. The highest BCUT2D eigenvalue weighted by Crippen LogP contribution is 2.07. The van der Waals surface area contributed by atoms with E-state index < -0.39 is 0 Å². The molecular formula is C15H21N3. The first-order chi connectivity index (χ1) is 8.88. The van der Waals surface area contributed by atoms with Crippen LogP contribution in [0.2, 0.25) is 0 Å². The van der Waals surface area contributed by atoms with Crippen molar-refractivity contribution in [2.45, 2.75) is 6.54 Å². The molecule has 1 aromatic rings. The lowest BCUT2D eigenvalue weighted by Crippen LogP contribution is -2.45. The van der Waals surface area contributed by atoms with Gasteiger partial charge < -0.3 is 5.73 Å². The highest BCUT2D eigenvalue weighted by molar-refractivity contribution is 5.14. The Morgan fingerprint density at radius 2 is 1.61 bits per heavy atom. The zero-order chi connectivity index (χ0) is 12.6. The first-order valence-electron chi connectivity index (χ1n) is 6.53. The molecule has 0 aromatic heterocycles. The van der Waals surface area contributed by atoms with E-state index >= 15 is 0 Å². The number of rotatable bonds is 3. The van der Waals surface area contributed by atoms with Gasteiger partial charge in [-0.3, -0.25) is 9.80 Å². The molecule has 18 heavy (non-hydrogen) atoms. The summed E-state index contributed by atoms with van der Waals surface area (Å²) in [4.78, 5) is 4.90. The highest BCUT2D eigenvalue weighted by Gasteiger charge is 2.15. The lowest BCUT2D eigenvalue weighted by molar-refractivity contribution is 0.138. The highest BCUT2D eigenvalue weighted by atomic mass is 15.3. The number of benzene rings is 1. The van der Waals surface area contributed by atoms with Crippen LogP contribution in [0.5, 0.6) is 0 Å². The van der Waals surface area contributed by atoms with E-state index in [1.165, 1.54) is 5.56 Å². The molecule has 2 N–H and O–H groups in total. The van der Waals surface area contributed by atoms with Crippen LogP contribution in [0.4, 0.5) is 0 Å². The van der Waals surface area contributed by atoms with Gasteiger partial charge in [-0.1, -0.05) is 42.2 Å². The monoisotopic (exact) mass is 243 g/mol. The Labute approximate surface area is 110 Å². The molecule has 1 aliphatic rings. The topological polar surface area (TPSA) is 32.5 Å². The van der Waals surface area contributed by atoms with Gasteiger partial charge in [-0.2, -0.15) is 0 Å². The molecule has 0 radical (unpaired) electrons. The Balaban J connectivity index is 1.73. The molecule has 1 fully saturated rings. The summed E-state index contributed by atoms with van der Waals surface area (Å²) in [5, 5.41) is 0. The number of nitrogens with zero attached hydrogens (tertiary/aromatic N) is 2. The van der Waals surface area contributed by atoms with Gasteiger partial charge in [0.15, 0.2) is 0 Å². The summed E-state index contributed by atoms with van der Waals surface area (Å²) in [6.07, 6.45) is 0. The smallest absolute Gasteiger partial charge is 0.0602 e. The second-order valence-electron chi connectivity index (χ2n) is 4.60. The SMILES string of the molecule is NCC#CCN1CCN(Cc2ccccc2)CC1. The van der Waals surface area contributed by atoms with Crippen molar-refractivity contribution in [3.8, 4) is 11.8 Å². The minimum atomic E-state index is 0.466. The summed E-state index contributed by atoms with van der Waals surface area (Å²) in [6, 6.07) is 10.7. The van der Waals surface area contributed by atoms with Crippen LogP contribution >= 0.6 is 0 Å². The minimum absolute atomic E-state index is 0.466. The molecule has 1 aliphatic heterocycles. The Bertz CT molecular complexity index is 397. The first-order valence-corrected chi connectivity index (χ1v) is 6.53. The van der Waals surface area contributed by atoms with Crippen molar-refractivity contribution in [3.63, 3.8) is 0 Å². The fraction of sp³-hybridized carbons (Fsp3) is 0.467. The molecule has 0 bridgehead atoms. The number of hydrogen-bond donors (Lipinski definition) is 1. The van der Waals surface area contributed by atoms with Gasteiger partial charge in [0.25, 0.3) is 0 Å². The molecule has 1 saturated heterocycles. The molecule has 2 rings (SSSR count). The zero-order valence-electron chi connectivity index (χ0n) is 10.8. The molecule has 3 nitrogen and oxygen atoms in total. The maximum Gasteiger partial charge on any atom is 0.0602 e. The van der Waals surface area contributed by atoms with E-state index in [1.54, 1.807) is 0 Å². The van der Waals surface area contributed by atoms with Gasteiger partial charge in [-0.15, -0.1) is 0 Å². The molecule has 0 unspecified atom stereocenters.